The van der Waals surface area contributed by atoms with Gasteiger partial charge in [-0.05, 0) is 56.2 Å². The lowest BCUT2D eigenvalue weighted by atomic mass is 10.1. The van der Waals surface area contributed by atoms with Crippen molar-refractivity contribution in [3.63, 3.8) is 0 Å². The molecule has 6 nitrogen and oxygen atoms in total. The maximum absolute atomic E-state index is 12.6. The van der Waals surface area contributed by atoms with Gasteiger partial charge < -0.3 is 10.4 Å². The lowest BCUT2D eigenvalue weighted by Crippen LogP contribution is -2.46. The number of halogens is 1. The Morgan fingerprint density at radius 3 is 2.37 bits per heavy atom. The lowest BCUT2D eigenvalue weighted by molar-refractivity contribution is -0.122. The summed E-state index contributed by atoms with van der Waals surface area (Å²) in [5.74, 6) is -0.225. The number of hydrogen-bond donors (Lipinski definition) is 3. The van der Waals surface area contributed by atoms with E-state index >= 15 is 0 Å². The molecule has 3 N–H and O–H groups in total. The Kier molecular flexibility index (Phi) is 6.51. The monoisotopic (exact) mass is 410 g/mol. The molecule has 0 bridgehead atoms. The molecule has 0 spiro atoms. The molecule has 27 heavy (non-hydrogen) atoms. The smallest absolute Gasteiger partial charge is 0.262 e. The molecule has 0 saturated carbocycles. The average molecular weight is 411 g/mol. The molecule has 0 unspecified atom stereocenters. The highest BCUT2D eigenvalue weighted by molar-refractivity contribution is 7.92. The highest BCUT2D eigenvalue weighted by atomic mass is 35.5. The molecule has 0 aliphatic carbocycles. The quantitative estimate of drug-likeness (QED) is 0.654. The number of rotatable bonds is 7. The second kappa shape index (κ2) is 8.29. The summed E-state index contributed by atoms with van der Waals surface area (Å²) in [6.45, 7) is 4.93. The highest BCUT2D eigenvalue weighted by Gasteiger charge is 2.20. The largest absolute Gasteiger partial charge is 0.394 e. The van der Waals surface area contributed by atoms with E-state index in [1.807, 2.05) is 0 Å². The van der Waals surface area contributed by atoms with Crippen molar-refractivity contribution in [2.45, 2.75) is 37.6 Å². The molecule has 0 aliphatic rings. The summed E-state index contributed by atoms with van der Waals surface area (Å²) in [5.41, 5.74) is 0.894. The van der Waals surface area contributed by atoms with Gasteiger partial charge in [-0.3, -0.25) is 9.52 Å². The van der Waals surface area contributed by atoms with E-state index in [1.165, 1.54) is 6.07 Å². The zero-order valence-corrected chi connectivity index (χ0v) is 17.0. The molecule has 2 aromatic rings. The van der Waals surface area contributed by atoms with Crippen LogP contribution in [0.2, 0.25) is 5.02 Å². The maximum Gasteiger partial charge on any atom is 0.262 e. The molecular weight excluding hydrogens is 388 g/mol. The van der Waals surface area contributed by atoms with Crippen LogP contribution in [0.25, 0.3) is 0 Å². The Morgan fingerprint density at radius 1 is 1.15 bits per heavy atom. The predicted octanol–water partition coefficient (Wildman–Crippen LogP) is 2.88. The summed E-state index contributed by atoms with van der Waals surface area (Å²) in [4.78, 5) is 12.1. The van der Waals surface area contributed by atoms with Crippen LogP contribution < -0.4 is 10.0 Å². The average Bonchev–Trinajstić information content (AvgIpc) is 2.58. The number of aliphatic hydroxyl groups is 1. The minimum Gasteiger partial charge on any atom is -0.394 e. The van der Waals surface area contributed by atoms with Gasteiger partial charge in [0.05, 0.1) is 23.5 Å². The number of anilines is 1. The Balaban J connectivity index is 2.09. The van der Waals surface area contributed by atoms with Crippen LogP contribution in [0.1, 0.15) is 25.0 Å². The summed E-state index contributed by atoms with van der Waals surface area (Å²) >= 11 is 6.00. The van der Waals surface area contributed by atoms with Crippen LogP contribution >= 0.6 is 11.6 Å². The number of aliphatic hydroxyl groups excluding tert-OH is 1. The van der Waals surface area contributed by atoms with E-state index in [1.54, 1.807) is 57.2 Å². The van der Waals surface area contributed by atoms with E-state index in [4.69, 9.17) is 11.6 Å². The molecule has 8 heteroatoms. The zero-order chi connectivity index (χ0) is 20.2. The molecule has 0 aromatic heterocycles. The highest BCUT2D eigenvalue weighted by Crippen LogP contribution is 2.25. The van der Waals surface area contributed by atoms with Crippen LogP contribution in [-0.4, -0.2) is 31.6 Å². The number of benzene rings is 2. The third-order valence-electron chi connectivity index (χ3n) is 3.95. The van der Waals surface area contributed by atoms with Gasteiger partial charge in [-0.15, -0.1) is 0 Å². The second-order valence-corrected chi connectivity index (χ2v) is 8.99. The summed E-state index contributed by atoms with van der Waals surface area (Å²) < 4.78 is 27.6. The van der Waals surface area contributed by atoms with Crippen molar-refractivity contribution in [1.82, 2.24) is 5.32 Å². The first kappa shape index (κ1) is 21.2. The Labute approximate surface area is 164 Å². The molecule has 0 heterocycles. The van der Waals surface area contributed by atoms with E-state index in [-0.39, 0.29) is 23.8 Å². The summed E-state index contributed by atoms with van der Waals surface area (Å²) in [7, 11) is -3.77. The molecule has 1 amide bonds. The molecule has 0 atom stereocenters. The summed E-state index contributed by atoms with van der Waals surface area (Å²) in [6, 6.07) is 11.2. The Bertz CT molecular complexity index is 925. The predicted molar refractivity (Wildman–Crippen MR) is 106 cm³/mol. The normalized spacial score (nSPS) is 11.9. The minimum absolute atomic E-state index is 0.115. The molecule has 2 aromatic carbocycles. The number of sulfonamides is 1. The van der Waals surface area contributed by atoms with Gasteiger partial charge in [0.15, 0.2) is 0 Å². The first-order chi connectivity index (χ1) is 12.5. The standard InChI is InChI=1S/C19H23ClN2O4S/c1-13-16(20)5-4-6-17(13)27(25,26)22-15-9-7-14(8-10-15)11-18(24)21-19(2,3)12-23/h4-10,22-23H,11-12H2,1-3H3,(H,21,24). The Hall–Kier alpha value is -2.09. The SMILES string of the molecule is Cc1c(Cl)cccc1S(=O)(=O)Nc1ccc(CC(=O)NC(C)(C)CO)cc1. The van der Waals surface area contributed by atoms with Crippen LogP contribution in [0.15, 0.2) is 47.4 Å². The second-order valence-electron chi connectivity index (χ2n) is 6.93. The van der Waals surface area contributed by atoms with Crippen molar-refractivity contribution in [3.05, 3.63) is 58.6 Å². The molecule has 0 fully saturated rings. The van der Waals surface area contributed by atoms with E-state index in [0.717, 1.165) is 5.56 Å². The third kappa shape index (κ3) is 5.69. The fourth-order valence-corrected chi connectivity index (χ4v) is 3.98. The van der Waals surface area contributed by atoms with Crippen molar-refractivity contribution in [2.75, 3.05) is 11.3 Å². The van der Waals surface area contributed by atoms with Gasteiger partial charge in [0, 0.05) is 10.7 Å². The number of carbonyl (C=O) groups excluding carboxylic acids is 1. The van der Waals surface area contributed by atoms with E-state index in [9.17, 15) is 18.3 Å². The van der Waals surface area contributed by atoms with Crippen LogP contribution in [0.3, 0.4) is 0 Å². The number of amides is 1. The summed E-state index contributed by atoms with van der Waals surface area (Å²) in [6.07, 6.45) is 0.129. The van der Waals surface area contributed by atoms with Gasteiger partial charge in [0.2, 0.25) is 5.91 Å². The molecule has 146 valence electrons. The van der Waals surface area contributed by atoms with Gasteiger partial charge in [0.25, 0.3) is 10.0 Å². The molecule has 0 radical (unpaired) electrons. The van der Waals surface area contributed by atoms with Crippen molar-refractivity contribution >= 4 is 33.2 Å². The van der Waals surface area contributed by atoms with Gasteiger partial charge >= 0.3 is 0 Å². The topological polar surface area (TPSA) is 95.5 Å². The first-order valence-corrected chi connectivity index (χ1v) is 10.2. The van der Waals surface area contributed by atoms with Gasteiger partial charge in [-0.2, -0.15) is 0 Å². The fourth-order valence-electron chi connectivity index (χ4n) is 2.43. The van der Waals surface area contributed by atoms with E-state index in [0.29, 0.717) is 16.3 Å². The fraction of sp³-hybridized carbons (Fsp3) is 0.316. The van der Waals surface area contributed by atoms with Crippen LogP contribution in [0, 0.1) is 6.92 Å². The number of nitrogens with one attached hydrogen (secondary N) is 2. The number of hydrogen-bond acceptors (Lipinski definition) is 4. The van der Waals surface area contributed by atoms with E-state index in [2.05, 4.69) is 10.0 Å². The zero-order valence-electron chi connectivity index (χ0n) is 15.4. The summed E-state index contributed by atoms with van der Waals surface area (Å²) in [5, 5.41) is 12.3. The lowest BCUT2D eigenvalue weighted by Gasteiger charge is -2.23. The first-order valence-electron chi connectivity index (χ1n) is 8.33. The van der Waals surface area contributed by atoms with Crippen LogP contribution in [-0.2, 0) is 21.2 Å². The van der Waals surface area contributed by atoms with Gasteiger partial charge in [-0.1, -0.05) is 29.8 Å². The minimum atomic E-state index is -3.77. The maximum atomic E-state index is 12.6. The molecule has 0 saturated heterocycles. The molecule has 0 aliphatic heterocycles. The van der Waals surface area contributed by atoms with Crippen LogP contribution in [0.5, 0.6) is 0 Å². The van der Waals surface area contributed by atoms with Gasteiger partial charge in [-0.25, -0.2) is 8.42 Å². The van der Waals surface area contributed by atoms with Gasteiger partial charge in [0.1, 0.15) is 0 Å². The molecular formula is C19H23ClN2O4S. The Morgan fingerprint density at radius 2 is 1.78 bits per heavy atom. The molecule has 2 rings (SSSR count). The van der Waals surface area contributed by atoms with Crippen molar-refractivity contribution in [3.8, 4) is 0 Å². The third-order valence-corrected chi connectivity index (χ3v) is 5.89. The van der Waals surface area contributed by atoms with Crippen LogP contribution in [0.4, 0.5) is 5.69 Å². The van der Waals surface area contributed by atoms with E-state index < -0.39 is 15.6 Å². The number of carbonyl (C=O) groups is 1. The van der Waals surface area contributed by atoms with Crippen molar-refractivity contribution in [1.29, 1.82) is 0 Å². The van der Waals surface area contributed by atoms with Crippen molar-refractivity contribution in [2.24, 2.45) is 0 Å². The van der Waals surface area contributed by atoms with Crippen molar-refractivity contribution < 1.29 is 18.3 Å².